The van der Waals surface area contributed by atoms with E-state index in [2.05, 4.69) is 26.2 Å². The Morgan fingerprint density at radius 1 is 1.17 bits per heavy atom. The number of aromatic nitrogens is 2. The number of aromatic amines is 1. The number of hydrogen-bond acceptors (Lipinski definition) is 4. The number of fused-ring (bicyclic) bond motifs is 1. The molecule has 3 aromatic rings. The monoisotopic (exact) mass is 411 g/mol. The number of piperazine rings is 1. The lowest BCUT2D eigenvalue weighted by molar-refractivity contribution is 0.0943. The number of nitrogens with zero attached hydrogens (tertiary/aromatic N) is 3. The zero-order valence-corrected chi connectivity index (χ0v) is 17.5. The van der Waals surface area contributed by atoms with Gasteiger partial charge in [0.05, 0.1) is 11.0 Å². The first kappa shape index (κ1) is 19.7. The number of anilines is 1. The Kier molecular flexibility index (Phi) is 5.74. The highest BCUT2D eigenvalue weighted by molar-refractivity contribution is 6.30. The minimum absolute atomic E-state index is 0.0623. The molecule has 6 nitrogen and oxygen atoms in total. The van der Waals surface area contributed by atoms with Gasteiger partial charge in [-0.15, -0.1) is 0 Å². The number of amides is 1. The smallest absolute Gasteiger partial charge is 0.251 e. The molecule has 0 spiro atoms. The van der Waals surface area contributed by atoms with Crippen LogP contribution in [-0.4, -0.2) is 53.0 Å². The van der Waals surface area contributed by atoms with Crippen LogP contribution in [0, 0.1) is 0 Å². The molecular weight excluding hydrogens is 386 g/mol. The van der Waals surface area contributed by atoms with Crippen LogP contribution < -0.4 is 10.2 Å². The number of carbonyl (C=O) groups excluding carboxylic acids is 1. The van der Waals surface area contributed by atoms with Gasteiger partial charge in [-0.1, -0.05) is 23.7 Å². The molecule has 1 aromatic heterocycles. The van der Waals surface area contributed by atoms with Gasteiger partial charge in [0, 0.05) is 49.4 Å². The molecule has 2 aromatic carbocycles. The summed E-state index contributed by atoms with van der Waals surface area (Å²) in [4.78, 5) is 25.0. The second-order valence-electron chi connectivity index (χ2n) is 7.81. The van der Waals surface area contributed by atoms with Crippen molar-refractivity contribution >= 4 is 34.5 Å². The van der Waals surface area contributed by atoms with Gasteiger partial charge in [-0.05, 0) is 49.7 Å². The molecule has 1 amide bonds. The van der Waals surface area contributed by atoms with Crippen molar-refractivity contribution in [1.29, 1.82) is 0 Å². The molecule has 29 heavy (non-hydrogen) atoms. The van der Waals surface area contributed by atoms with Gasteiger partial charge in [0.1, 0.15) is 0 Å². The number of hydrogen-bond donors (Lipinski definition) is 2. The number of carbonyl (C=O) groups is 1. The highest BCUT2D eigenvalue weighted by Crippen LogP contribution is 2.21. The molecule has 7 heteroatoms. The molecule has 0 radical (unpaired) electrons. The summed E-state index contributed by atoms with van der Waals surface area (Å²) in [6, 6.07) is 13.8. The summed E-state index contributed by atoms with van der Waals surface area (Å²) in [6.07, 6.45) is 0. The molecule has 0 saturated carbocycles. The lowest BCUT2D eigenvalue weighted by Crippen LogP contribution is -2.46. The molecule has 0 unspecified atom stereocenters. The fourth-order valence-corrected chi connectivity index (χ4v) is 3.86. The molecule has 0 bridgehead atoms. The Labute approximate surface area is 175 Å². The van der Waals surface area contributed by atoms with Gasteiger partial charge in [0.2, 0.25) is 5.95 Å². The van der Waals surface area contributed by atoms with Crippen molar-refractivity contribution in [3.05, 3.63) is 58.6 Å². The maximum atomic E-state index is 12.2. The Morgan fingerprint density at radius 3 is 2.69 bits per heavy atom. The van der Waals surface area contributed by atoms with E-state index in [0.717, 1.165) is 54.7 Å². The molecular formula is C22H26ClN5O. The van der Waals surface area contributed by atoms with Gasteiger partial charge in [0.25, 0.3) is 5.91 Å². The largest absolute Gasteiger partial charge is 0.350 e. The normalized spacial score (nSPS) is 15.2. The van der Waals surface area contributed by atoms with Crippen LogP contribution in [0.3, 0.4) is 0 Å². The van der Waals surface area contributed by atoms with Crippen LogP contribution in [0.25, 0.3) is 11.0 Å². The van der Waals surface area contributed by atoms with Gasteiger partial charge in [0.15, 0.2) is 0 Å². The molecule has 1 aliphatic heterocycles. The maximum Gasteiger partial charge on any atom is 0.251 e. The predicted molar refractivity (Wildman–Crippen MR) is 118 cm³/mol. The van der Waals surface area contributed by atoms with Crippen LogP contribution in [0.2, 0.25) is 5.02 Å². The van der Waals surface area contributed by atoms with Gasteiger partial charge >= 0.3 is 0 Å². The third-order valence-corrected chi connectivity index (χ3v) is 5.35. The summed E-state index contributed by atoms with van der Waals surface area (Å²) in [7, 11) is 0. The van der Waals surface area contributed by atoms with Crippen molar-refractivity contribution in [1.82, 2.24) is 20.2 Å². The van der Waals surface area contributed by atoms with Gasteiger partial charge in [-0.2, -0.15) is 0 Å². The molecule has 4 rings (SSSR count). The third kappa shape index (κ3) is 4.71. The highest BCUT2D eigenvalue weighted by Gasteiger charge is 2.20. The van der Waals surface area contributed by atoms with Gasteiger partial charge in [-0.3, -0.25) is 9.69 Å². The van der Waals surface area contributed by atoms with Crippen LogP contribution in [0.4, 0.5) is 5.95 Å². The summed E-state index contributed by atoms with van der Waals surface area (Å²) in [6.45, 7) is 8.55. The van der Waals surface area contributed by atoms with Crippen LogP contribution in [-0.2, 0) is 6.54 Å². The van der Waals surface area contributed by atoms with E-state index in [1.807, 2.05) is 50.2 Å². The molecule has 0 aliphatic carbocycles. The van der Waals surface area contributed by atoms with Crippen LogP contribution in [0.1, 0.15) is 29.8 Å². The number of rotatable bonds is 5. The Bertz CT molecular complexity index is 1010. The van der Waals surface area contributed by atoms with Crippen molar-refractivity contribution in [3.8, 4) is 0 Å². The van der Waals surface area contributed by atoms with E-state index in [-0.39, 0.29) is 11.9 Å². The topological polar surface area (TPSA) is 64.3 Å². The first-order valence-corrected chi connectivity index (χ1v) is 10.4. The molecule has 152 valence electrons. The van der Waals surface area contributed by atoms with Crippen LogP contribution in [0.15, 0.2) is 42.5 Å². The summed E-state index contributed by atoms with van der Waals surface area (Å²) in [5.74, 6) is 0.802. The summed E-state index contributed by atoms with van der Waals surface area (Å²) in [5.41, 5.74) is 3.65. The van der Waals surface area contributed by atoms with Crippen molar-refractivity contribution in [2.24, 2.45) is 0 Å². The van der Waals surface area contributed by atoms with E-state index >= 15 is 0 Å². The Balaban J connectivity index is 1.41. The van der Waals surface area contributed by atoms with Crippen molar-refractivity contribution in [3.63, 3.8) is 0 Å². The minimum Gasteiger partial charge on any atom is -0.350 e. The molecule has 2 heterocycles. The Morgan fingerprint density at radius 2 is 1.97 bits per heavy atom. The second-order valence-corrected chi connectivity index (χ2v) is 8.25. The third-order valence-electron chi connectivity index (χ3n) is 5.12. The average Bonchev–Trinajstić information content (AvgIpc) is 3.11. The lowest BCUT2D eigenvalue weighted by atomic mass is 10.2. The molecule has 1 aliphatic rings. The molecule has 2 N–H and O–H groups in total. The first-order valence-electron chi connectivity index (χ1n) is 10.0. The second kappa shape index (κ2) is 8.43. The van der Waals surface area contributed by atoms with E-state index in [1.165, 1.54) is 5.56 Å². The van der Waals surface area contributed by atoms with Crippen molar-refractivity contribution < 1.29 is 4.79 Å². The van der Waals surface area contributed by atoms with Crippen LogP contribution >= 0.6 is 11.6 Å². The molecule has 1 fully saturated rings. The summed E-state index contributed by atoms with van der Waals surface area (Å²) in [5, 5.41) is 3.71. The summed E-state index contributed by atoms with van der Waals surface area (Å²) < 4.78 is 0. The van der Waals surface area contributed by atoms with E-state index in [1.54, 1.807) is 0 Å². The number of benzene rings is 2. The Hall–Kier alpha value is -2.57. The van der Waals surface area contributed by atoms with E-state index in [4.69, 9.17) is 16.6 Å². The minimum atomic E-state index is -0.0623. The van der Waals surface area contributed by atoms with E-state index in [9.17, 15) is 4.79 Å². The number of nitrogens with one attached hydrogen (secondary N) is 2. The van der Waals surface area contributed by atoms with Gasteiger partial charge in [-0.25, -0.2) is 4.98 Å². The number of H-pyrrole nitrogens is 1. The van der Waals surface area contributed by atoms with Crippen molar-refractivity contribution in [2.75, 3.05) is 31.1 Å². The average molecular weight is 412 g/mol. The highest BCUT2D eigenvalue weighted by atomic mass is 35.5. The molecule has 0 atom stereocenters. The SMILES string of the molecule is CC(C)NC(=O)c1ccc2nc(N3CCN(Cc4cccc(Cl)c4)CC3)[nH]c2c1. The standard InChI is InChI=1S/C22H26ClN5O/c1-15(2)24-21(29)17-6-7-19-20(13-17)26-22(25-19)28-10-8-27(9-11-28)14-16-4-3-5-18(23)12-16/h3-7,12-13,15H,8-11,14H2,1-2H3,(H,24,29)(H,25,26). The zero-order chi connectivity index (χ0) is 20.4. The predicted octanol–water partition coefficient (Wildman–Crippen LogP) is 3.68. The quantitative estimate of drug-likeness (QED) is 0.672. The number of imidazole rings is 1. The maximum absolute atomic E-state index is 12.2. The zero-order valence-electron chi connectivity index (χ0n) is 16.8. The number of halogens is 1. The summed E-state index contributed by atoms with van der Waals surface area (Å²) >= 11 is 6.10. The lowest BCUT2D eigenvalue weighted by Gasteiger charge is -2.34. The first-order chi connectivity index (χ1) is 14.0. The fraction of sp³-hybridized carbons (Fsp3) is 0.364. The van der Waals surface area contributed by atoms with Crippen molar-refractivity contribution in [2.45, 2.75) is 26.4 Å². The fourth-order valence-electron chi connectivity index (χ4n) is 3.64. The van der Waals surface area contributed by atoms with Crippen LogP contribution in [0.5, 0.6) is 0 Å². The van der Waals surface area contributed by atoms with E-state index in [0.29, 0.717) is 5.56 Å². The van der Waals surface area contributed by atoms with Gasteiger partial charge < -0.3 is 15.2 Å². The molecule has 1 saturated heterocycles. The van der Waals surface area contributed by atoms with E-state index < -0.39 is 0 Å².